The standard InChI is InChI=1S/C20H31N3O/c1-16(19-7-5-4-6-8-19)13-21-14-17(2)20(15-21)23-11-9-22(10-12-23)18(3)24/h4-8,16-17,20H,9-15H2,1-3H3/t16-,17-,20+/m0/s1. The van der Waals surface area contributed by atoms with Gasteiger partial charge in [0, 0.05) is 58.8 Å². The molecule has 0 radical (unpaired) electrons. The average molecular weight is 329 g/mol. The highest BCUT2D eigenvalue weighted by Crippen LogP contribution is 2.26. The van der Waals surface area contributed by atoms with Gasteiger partial charge in [-0.05, 0) is 17.4 Å². The predicted molar refractivity (Wildman–Crippen MR) is 98.1 cm³/mol. The molecule has 1 aromatic carbocycles. The molecule has 24 heavy (non-hydrogen) atoms. The molecule has 1 aromatic rings. The van der Waals surface area contributed by atoms with E-state index in [1.807, 2.05) is 4.90 Å². The van der Waals surface area contributed by atoms with Crippen molar-refractivity contribution in [1.82, 2.24) is 14.7 Å². The molecule has 2 heterocycles. The Bertz CT molecular complexity index is 539. The van der Waals surface area contributed by atoms with Crippen LogP contribution in [0.4, 0.5) is 0 Å². The second-order valence-corrected chi connectivity index (χ2v) is 7.62. The zero-order chi connectivity index (χ0) is 17.1. The Kier molecular flexibility index (Phi) is 5.57. The van der Waals surface area contributed by atoms with Crippen LogP contribution >= 0.6 is 0 Å². The van der Waals surface area contributed by atoms with Crippen LogP contribution in [0, 0.1) is 5.92 Å². The lowest BCUT2D eigenvalue weighted by Gasteiger charge is -2.39. The summed E-state index contributed by atoms with van der Waals surface area (Å²) in [6.45, 7) is 13.7. The van der Waals surface area contributed by atoms with Gasteiger partial charge in [-0.25, -0.2) is 0 Å². The van der Waals surface area contributed by atoms with Gasteiger partial charge in [-0.15, -0.1) is 0 Å². The summed E-state index contributed by atoms with van der Waals surface area (Å²) >= 11 is 0. The summed E-state index contributed by atoms with van der Waals surface area (Å²) in [5.41, 5.74) is 1.43. The van der Waals surface area contributed by atoms with Gasteiger partial charge >= 0.3 is 0 Å². The first-order chi connectivity index (χ1) is 11.5. The minimum Gasteiger partial charge on any atom is -0.340 e. The number of likely N-dealkylation sites (tertiary alicyclic amines) is 1. The van der Waals surface area contributed by atoms with Crippen LogP contribution < -0.4 is 0 Å². The van der Waals surface area contributed by atoms with Crippen LogP contribution in [0.2, 0.25) is 0 Å². The number of hydrogen-bond donors (Lipinski definition) is 0. The van der Waals surface area contributed by atoms with Crippen molar-refractivity contribution >= 4 is 5.91 Å². The van der Waals surface area contributed by atoms with Crippen LogP contribution in [0.5, 0.6) is 0 Å². The first kappa shape index (κ1) is 17.4. The molecule has 2 aliphatic heterocycles. The van der Waals surface area contributed by atoms with Crippen molar-refractivity contribution in [3.63, 3.8) is 0 Å². The van der Waals surface area contributed by atoms with Crippen molar-refractivity contribution in [3.8, 4) is 0 Å². The monoisotopic (exact) mass is 329 g/mol. The Labute approximate surface area is 146 Å². The maximum absolute atomic E-state index is 11.5. The molecule has 0 aromatic heterocycles. The number of hydrogen-bond acceptors (Lipinski definition) is 3. The normalized spacial score (nSPS) is 27.4. The number of carbonyl (C=O) groups is 1. The van der Waals surface area contributed by atoms with E-state index in [0.29, 0.717) is 17.9 Å². The van der Waals surface area contributed by atoms with E-state index in [0.717, 1.165) is 32.7 Å². The third-order valence-corrected chi connectivity index (χ3v) is 5.78. The van der Waals surface area contributed by atoms with E-state index >= 15 is 0 Å². The summed E-state index contributed by atoms with van der Waals surface area (Å²) < 4.78 is 0. The second kappa shape index (κ2) is 7.66. The summed E-state index contributed by atoms with van der Waals surface area (Å²) in [7, 11) is 0. The van der Waals surface area contributed by atoms with Gasteiger partial charge in [0.15, 0.2) is 0 Å². The summed E-state index contributed by atoms with van der Waals surface area (Å²) in [4.78, 5) is 18.7. The average Bonchev–Trinajstić information content (AvgIpc) is 2.96. The fourth-order valence-electron chi connectivity index (χ4n) is 4.32. The van der Waals surface area contributed by atoms with Gasteiger partial charge in [0.25, 0.3) is 0 Å². The Balaban J connectivity index is 1.52. The Morgan fingerprint density at radius 1 is 1.12 bits per heavy atom. The SMILES string of the molecule is CC(=O)N1CCN([C@@H]2CN(C[C@H](C)c3ccccc3)C[C@@H]2C)CC1. The molecule has 2 fully saturated rings. The number of nitrogens with zero attached hydrogens (tertiary/aromatic N) is 3. The van der Waals surface area contributed by atoms with E-state index in [9.17, 15) is 4.79 Å². The molecule has 1 amide bonds. The van der Waals surface area contributed by atoms with Gasteiger partial charge in [-0.3, -0.25) is 9.69 Å². The largest absolute Gasteiger partial charge is 0.340 e. The van der Waals surface area contributed by atoms with Crippen LogP contribution in [0.3, 0.4) is 0 Å². The second-order valence-electron chi connectivity index (χ2n) is 7.62. The minimum absolute atomic E-state index is 0.215. The molecule has 0 N–H and O–H groups in total. The molecular weight excluding hydrogens is 298 g/mol. The lowest BCUT2D eigenvalue weighted by Crippen LogP contribution is -2.53. The van der Waals surface area contributed by atoms with E-state index in [4.69, 9.17) is 0 Å². The highest BCUT2D eigenvalue weighted by Gasteiger charge is 2.35. The van der Waals surface area contributed by atoms with Crippen molar-refractivity contribution in [2.75, 3.05) is 45.8 Å². The number of carbonyl (C=O) groups excluding carboxylic acids is 1. The third-order valence-electron chi connectivity index (χ3n) is 5.78. The molecule has 4 nitrogen and oxygen atoms in total. The van der Waals surface area contributed by atoms with Gasteiger partial charge in [-0.2, -0.15) is 0 Å². The molecule has 0 aliphatic carbocycles. The Morgan fingerprint density at radius 2 is 1.79 bits per heavy atom. The van der Waals surface area contributed by atoms with Crippen molar-refractivity contribution < 1.29 is 4.79 Å². The van der Waals surface area contributed by atoms with Crippen LogP contribution in [0.25, 0.3) is 0 Å². The molecule has 4 heteroatoms. The predicted octanol–water partition coefficient (Wildman–Crippen LogP) is 2.27. The third kappa shape index (κ3) is 3.98. The van der Waals surface area contributed by atoms with Crippen LogP contribution in [0.15, 0.2) is 30.3 Å². The van der Waals surface area contributed by atoms with Crippen molar-refractivity contribution in [2.24, 2.45) is 5.92 Å². The summed E-state index contributed by atoms with van der Waals surface area (Å²) in [6.07, 6.45) is 0. The first-order valence-electron chi connectivity index (χ1n) is 9.31. The molecule has 2 aliphatic rings. The van der Waals surface area contributed by atoms with Crippen LogP contribution in [0.1, 0.15) is 32.3 Å². The molecule has 0 unspecified atom stereocenters. The maximum atomic E-state index is 11.5. The highest BCUT2D eigenvalue weighted by atomic mass is 16.2. The van der Waals surface area contributed by atoms with Crippen LogP contribution in [-0.4, -0.2) is 72.5 Å². The van der Waals surface area contributed by atoms with Crippen molar-refractivity contribution in [3.05, 3.63) is 35.9 Å². The number of rotatable bonds is 4. The summed E-state index contributed by atoms with van der Waals surface area (Å²) in [6, 6.07) is 11.5. The summed E-state index contributed by atoms with van der Waals surface area (Å²) in [5.74, 6) is 1.50. The van der Waals surface area contributed by atoms with Crippen molar-refractivity contribution in [1.29, 1.82) is 0 Å². The van der Waals surface area contributed by atoms with Gasteiger partial charge in [0.1, 0.15) is 0 Å². The lowest BCUT2D eigenvalue weighted by molar-refractivity contribution is -0.130. The molecule has 3 atom stereocenters. The molecule has 0 spiro atoms. The van der Waals surface area contributed by atoms with Gasteiger partial charge in [-0.1, -0.05) is 44.2 Å². The molecule has 0 saturated carbocycles. The quantitative estimate of drug-likeness (QED) is 0.848. The minimum atomic E-state index is 0.215. The first-order valence-corrected chi connectivity index (χ1v) is 9.31. The number of piperazine rings is 1. The zero-order valence-corrected chi connectivity index (χ0v) is 15.3. The lowest BCUT2D eigenvalue weighted by atomic mass is 10.0. The zero-order valence-electron chi connectivity index (χ0n) is 15.3. The Hall–Kier alpha value is -1.39. The fourth-order valence-corrected chi connectivity index (χ4v) is 4.32. The highest BCUT2D eigenvalue weighted by molar-refractivity contribution is 5.73. The van der Waals surface area contributed by atoms with E-state index in [2.05, 4.69) is 54.0 Å². The van der Waals surface area contributed by atoms with E-state index < -0.39 is 0 Å². The smallest absolute Gasteiger partial charge is 0.219 e. The van der Waals surface area contributed by atoms with Gasteiger partial charge < -0.3 is 9.80 Å². The molecule has 132 valence electrons. The van der Waals surface area contributed by atoms with E-state index in [-0.39, 0.29) is 5.91 Å². The topological polar surface area (TPSA) is 26.8 Å². The van der Waals surface area contributed by atoms with Crippen molar-refractivity contribution in [2.45, 2.75) is 32.7 Å². The Morgan fingerprint density at radius 3 is 2.42 bits per heavy atom. The van der Waals surface area contributed by atoms with Gasteiger partial charge in [0.05, 0.1) is 0 Å². The van der Waals surface area contributed by atoms with Crippen LogP contribution in [-0.2, 0) is 4.79 Å². The molecule has 2 saturated heterocycles. The summed E-state index contributed by atoms with van der Waals surface area (Å²) in [5, 5.41) is 0. The number of amides is 1. The maximum Gasteiger partial charge on any atom is 0.219 e. The fraction of sp³-hybridized carbons (Fsp3) is 0.650. The number of benzene rings is 1. The molecule has 3 rings (SSSR count). The van der Waals surface area contributed by atoms with Gasteiger partial charge in [0.2, 0.25) is 5.91 Å². The molecule has 0 bridgehead atoms. The molecular formula is C20H31N3O. The van der Waals surface area contributed by atoms with E-state index in [1.54, 1.807) is 6.92 Å². The van der Waals surface area contributed by atoms with E-state index in [1.165, 1.54) is 18.7 Å².